The van der Waals surface area contributed by atoms with Crippen LogP contribution in [0.15, 0.2) is 12.2 Å². The average Bonchev–Trinajstić information content (AvgIpc) is 2.37. The van der Waals surface area contributed by atoms with E-state index in [-0.39, 0.29) is 5.91 Å². The number of unbranched alkanes of at least 4 members (excludes halogenated alkanes) is 2. The van der Waals surface area contributed by atoms with Crippen LogP contribution in [0.25, 0.3) is 0 Å². The molecule has 3 heteroatoms. The van der Waals surface area contributed by atoms with Crippen LogP contribution in [0.2, 0.25) is 0 Å². The van der Waals surface area contributed by atoms with E-state index in [9.17, 15) is 4.79 Å². The predicted octanol–water partition coefficient (Wildman–Crippen LogP) is 2.68. The van der Waals surface area contributed by atoms with Crippen molar-refractivity contribution in [3.8, 4) is 0 Å². The number of quaternary nitrogens is 1. The van der Waals surface area contributed by atoms with Gasteiger partial charge in [0.2, 0.25) is 5.91 Å². The number of carbonyl (C=O) groups is 1. The minimum atomic E-state index is 0.0407. The molecule has 1 amide bonds. The van der Waals surface area contributed by atoms with Crippen molar-refractivity contribution in [1.82, 2.24) is 5.32 Å². The summed E-state index contributed by atoms with van der Waals surface area (Å²) in [5, 5.41) is 3.00. The molecule has 0 rings (SSSR count). The smallest absolute Gasteiger partial charge is 0.247 e. The summed E-state index contributed by atoms with van der Waals surface area (Å²) in [7, 11) is 0. The molecule has 0 aliphatic heterocycles. The second-order valence-corrected chi connectivity index (χ2v) is 4.53. The van der Waals surface area contributed by atoms with E-state index in [0.29, 0.717) is 0 Å². The van der Waals surface area contributed by atoms with Crippen LogP contribution >= 0.6 is 0 Å². The standard InChI is InChI=1S/C14H28N2O/c1-5-9-10-11-12-14(17)15-13-16(6-2,7-3)8-4/h11-12H,5-10,13H2,1-4H3/p+1/b12-11+. The van der Waals surface area contributed by atoms with Gasteiger partial charge < -0.3 is 9.80 Å². The van der Waals surface area contributed by atoms with Crippen molar-refractivity contribution in [3.63, 3.8) is 0 Å². The summed E-state index contributed by atoms with van der Waals surface area (Å²) in [6.45, 7) is 12.6. The second-order valence-electron chi connectivity index (χ2n) is 4.53. The lowest BCUT2D eigenvalue weighted by molar-refractivity contribution is -0.924. The molecule has 17 heavy (non-hydrogen) atoms. The van der Waals surface area contributed by atoms with Gasteiger partial charge in [-0.2, -0.15) is 0 Å². The Morgan fingerprint density at radius 1 is 1.12 bits per heavy atom. The van der Waals surface area contributed by atoms with E-state index >= 15 is 0 Å². The van der Waals surface area contributed by atoms with Gasteiger partial charge in [0.15, 0.2) is 6.67 Å². The van der Waals surface area contributed by atoms with Gasteiger partial charge in [-0.3, -0.25) is 4.79 Å². The van der Waals surface area contributed by atoms with Gasteiger partial charge in [0, 0.05) is 0 Å². The summed E-state index contributed by atoms with van der Waals surface area (Å²) in [5.74, 6) is 0.0407. The molecule has 0 heterocycles. The first-order valence-electron chi connectivity index (χ1n) is 6.93. The fraction of sp³-hybridized carbons (Fsp3) is 0.786. The minimum absolute atomic E-state index is 0.0407. The Hall–Kier alpha value is -0.830. The molecule has 0 saturated carbocycles. The summed E-state index contributed by atoms with van der Waals surface area (Å²) in [4.78, 5) is 11.6. The number of hydrogen-bond donors (Lipinski definition) is 1. The van der Waals surface area contributed by atoms with Crippen LogP contribution in [0.1, 0.15) is 47.0 Å². The summed E-state index contributed by atoms with van der Waals surface area (Å²) >= 11 is 0. The topological polar surface area (TPSA) is 29.1 Å². The van der Waals surface area contributed by atoms with Crippen LogP contribution in [0.4, 0.5) is 0 Å². The Balaban J connectivity index is 4.00. The highest BCUT2D eigenvalue weighted by molar-refractivity contribution is 5.87. The zero-order chi connectivity index (χ0) is 13.1. The Morgan fingerprint density at radius 2 is 1.71 bits per heavy atom. The van der Waals surface area contributed by atoms with Crippen molar-refractivity contribution in [2.24, 2.45) is 0 Å². The molecular weight excluding hydrogens is 212 g/mol. The van der Waals surface area contributed by atoms with Gasteiger partial charge in [0.25, 0.3) is 0 Å². The number of hydrogen-bond acceptors (Lipinski definition) is 1. The Labute approximate surface area is 106 Å². The third-order valence-corrected chi connectivity index (χ3v) is 3.59. The van der Waals surface area contributed by atoms with E-state index in [1.54, 1.807) is 6.08 Å². The highest BCUT2D eigenvalue weighted by Crippen LogP contribution is 2.03. The molecule has 0 bridgehead atoms. The Kier molecular flexibility index (Phi) is 8.78. The first-order valence-corrected chi connectivity index (χ1v) is 6.93. The van der Waals surface area contributed by atoms with Crippen LogP contribution in [0.3, 0.4) is 0 Å². The van der Waals surface area contributed by atoms with E-state index in [4.69, 9.17) is 0 Å². The van der Waals surface area contributed by atoms with Crippen LogP contribution in [-0.4, -0.2) is 36.7 Å². The number of allylic oxidation sites excluding steroid dienone is 1. The molecule has 0 spiro atoms. The van der Waals surface area contributed by atoms with Crippen molar-refractivity contribution in [2.75, 3.05) is 26.3 Å². The second kappa shape index (κ2) is 9.23. The van der Waals surface area contributed by atoms with Gasteiger partial charge >= 0.3 is 0 Å². The van der Waals surface area contributed by atoms with E-state index in [0.717, 1.165) is 43.6 Å². The molecule has 0 saturated heterocycles. The van der Waals surface area contributed by atoms with E-state index in [1.807, 2.05) is 6.08 Å². The molecule has 0 aromatic rings. The van der Waals surface area contributed by atoms with Crippen molar-refractivity contribution in [3.05, 3.63) is 12.2 Å². The molecule has 0 aromatic carbocycles. The third kappa shape index (κ3) is 6.47. The van der Waals surface area contributed by atoms with Crippen molar-refractivity contribution in [2.45, 2.75) is 47.0 Å². The van der Waals surface area contributed by atoms with Gasteiger partial charge in [0.05, 0.1) is 19.6 Å². The maximum absolute atomic E-state index is 11.6. The SMILES string of the molecule is CCCC/C=C/C(=O)NC[N+](CC)(CC)CC. The lowest BCUT2D eigenvalue weighted by Gasteiger charge is -2.35. The number of carbonyl (C=O) groups excluding carboxylic acids is 1. The summed E-state index contributed by atoms with van der Waals surface area (Å²) < 4.78 is 0.953. The van der Waals surface area contributed by atoms with E-state index in [1.165, 1.54) is 6.42 Å². The first-order chi connectivity index (χ1) is 8.14. The molecule has 3 nitrogen and oxygen atoms in total. The number of nitrogens with zero attached hydrogens (tertiary/aromatic N) is 1. The fourth-order valence-corrected chi connectivity index (χ4v) is 1.82. The van der Waals surface area contributed by atoms with Gasteiger partial charge in [-0.05, 0) is 33.3 Å². The first kappa shape index (κ1) is 16.2. The molecule has 0 atom stereocenters. The summed E-state index contributed by atoms with van der Waals surface area (Å²) in [5.41, 5.74) is 0. The van der Waals surface area contributed by atoms with Gasteiger partial charge in [0.1, 0.15) is 0 Å². The quantitative estimate of drug-likeness (QED) is 0.286. The summed E-state index contributed by atoms with van der Waals surface area (Å²) in [6, 6.07) is 0. The third-order valence-electron chi connectivity index (χ3n) is 3.59. The Bertz CT molecular complexity index is 224. The van der Waals surface area contributed by atoms with Gasteiger partial charge in [-0.15, -0.1) is 0 Å². The predicted molar refractivity (Wildman–Crippen MR) is 73.6 cm³/mol. The van der Waals surface area contributed by atoms with Crippen molar-refractivity contribution >= 4 is 5.91 Å². The molecule has 0 aliphatic rings. The molecule has 0 aliphatic carbocycles. The molecule has 0 aromatic heterocycles. The number of nitrogens with one attached hydrogen (secondary N) is 1. The lowest BCUT2D eigenvalue weighted by atomic mass is 10.2. The molecular formula is C14H29N2O+. The van der Waals surface area contributed by atoms with Gasteiger partial charge in [-0.1, -0.05) is 25.8 Å². The zero-order valence-electron chi connectivity index (χ0n) is 12.0. The molecule has 0 fully saturated rings. The van der Waals surface area contributed by atoms with Crippen LogP contribution in [-0.2, 0) is 4.79 Å². The molecule has 0 radical (unpaired) electrons. The van der Waals surface area contributed by atoms with Crippen molar-refractivity contribution in [1.29, 1.82) is 0 Å². The summed E-state index contributed by atoms with van der Waals surface area (Å²) in [6.07, 6.45) is 6.97. The highest BCUT2D eigenvalue weighted by Gasteiger charge is 2.20. The van der Waals surface area contributed by atoms with E-state index in [2.05, 4.69) is 33.0 Å². The Morgan fingerprint density at radius 3 is 2.18 bits per heavy atom. The normalized spacial score (nSPS) is 12.0. The largest absolute Gasteiger partial charge is 0.307 e. The number of amides is 1. The maximum Gasteiger partial charge on any atom is 0.247 e. The van der Waals surface area contributed by atoms with E-state index < -0.39 is 0 Å². The minimum Gasteiger partial charge on any atom is -0.307 e. The van der Waals surface area contributed by atoms with Crippen LogP contribution in [0.5, 0.6) is 0 Å². The lowest BCUT2D eigenvalue weighted by Crippen LogP contribution is -2.53. The van der Waals surface area contributed by atoms with Crippen LogP contribution in [0, 0.1) is 0 Å². The zero-order valence-corrected chi connectivity index (χ0v) is 12.0. The highest BCUT2D eigenvalue weighted by atomic mass is 16.1. The average molecular weight is 241 g/mol. The van der Waals surface area contributed by atoms with Gasteiger partial charge in [-0.25, -0.2) is 0 Å². The fourth-order valence-electron chi connectivity index (χ4n) is 1.82. The monoisotopic (exact) mass is 241 g/mol. The molecule has 100 valence electrons. The maximum atomic E-state index is 11.6. The number of rotatable bonds is 9. The van der Waals surface area contributed by atoms with Crippen LogP contribution < -0.4 is 5.32 Å². The molecule has 1 N–H and O–H groups in total. The van der Waals surface area contributed by atoms with Crippen molar-refractivity contribution < 1.29 is 9.28 Å². The molecule has 0 unspecified atom stereocenters.